The summed E-state index contributed by atoms with van der Waals surface area (Å²) in [4.78, 5) is 19.7. The maximum atomic E-state index is 11.4. The van der Waals surface area contributed by atoms with Gasteiger partial charge in [0.15, 0.2) is 0 Å². The van der Waals surface area contributed by atoms with Gasteiger partial charge in [0.2, 0.25) is 5.91 Å². The number of rotatable bonds is 3. The molecule has 0 radical (unpaired) electrons. The van der Waals surface area contributed by atoms with Crippen molar-refractivity contribution in [2.24, 2.45) is 11.7 Å². The molecule has 1 aliphatic rings. The second-order valence-corrected chi connectivity index (χ2v) is 7.13. The number of fused-ring (bicyclic) bond motifs is 1. The van der Waals surface area contributed by atoms with Gasteiger partial charge in [-0.1, -0.05) is 30.3 Å². The smallest absolute Gasteiger partial charge is 0.220 e. The van der Waals surface area contributed by atoms with Crippen molar-refractivity contribution in [3.63, 3.8) is 0 Å². The van der Waals surface area contributed by atoms with Gasteiger partial charge in [0.1, 0.15) is 5.82 Å². The van der Waals surface area contributed by atoms with Crippen molar-refractivity contribution in [3.8, 4) is 10.4 Å². The Balaban J connectivity index is 1.73. The lowest BCUT2D eigenvalue weighted by atomic mass is 9.96. The van der Waals surface area contributed by atoms with Gasteiger partial charge in [-0.3, -0.25) is 4.79 Å². The summed E-state index contributed by atoms with van der Waals surface area (Å²) in [6.45, 7) is 1.64. The van der Waals surface area contributed by atoms with Crippen LogP contribution < -0.4 is 10.6 Å². The highest BCUT2D eigenvalue weighted by atomic mass is 32.1. The molecule has 0 spiro atoms. The molecular formula is C19H19N3OS. The van der Waals surface area contributed by atoms with Crippen LogP contribution in [0.1, 0.15) is 12.8 Å². The summed E-state index contributed by atoms with van der Waals surface area (Å²) in [5.41, 5.74) is 6.62. The van der Waals surface area contributed by atoms with E-state index in [0.29, 0.717) is 0 Å². The molecule has 3 aromatic rings. The lowest BCUT2D eigenvalue weighted by Gasteiger charge is -2.32. The quantitative estimate of drug-likeness (QED) is 0.793. The predicted octanol–water partition coefficient (Wildman–Crippen LogP) is 3.67. The fraction of sp³-hybridized carbons (Fsp3) is 0.263. The molecule has 1 fully saturated rings. The Bertz CT molecular complexity index is 867. The van der Waals surface area contributed by atoms with Gasteiger partial charge < -0.3 is 10.6 Å². The van der Waals surface area contributed by atoms with Crippen LogP contribution in [-0.4, -0.2) is 24.0 Å². The van der Waals surface area contributed by atoms with Gasteiger partial charge in [0, 0.05) is 41.0 Å². The Kier molecular flexibility index (Phi) is 3.94. The van der Waals surface area contributed by atoms with Crippen LogP contribution in [0.5, 0.6) is 0 Å². The van der Waals surface area contributed by atoms with Crippen LogP contribution in [0.3, 0.4) is 0 Å². The molecule has 3 heterocycles. The number of benzene rings is 1. The van der Waals surface area contributed by atoms with E-state index in [4.69, 9.17) is 10.7 Å². The third-order valence-corrected chi connectivity index (χ3v) is 5.66. The zero-order valence-corrected chi connectivity index (χ0v) is 14.1. The zero-order chi connectivity index (χ0) is 16.5. The maximum absolute atomic E-state index is 11.4. The van der Waals surface area contributed by atoms with E-state index in [1.165, 1.54) is 21.2 Å². The first-order chi connectivity index (χ1) is 11.7. The largest absolute Gasteiger partial charge is 0.369 e. The first-order valence-corrected chi connectivity index (χ1v) is 9.08. The standard InChI is InChI=1S/C19H19N3OS/c20-18(23)13-7-9-22(10-8-13)19-15-5-2-1-4-14(15)16(12-21-19)17-6-3-11-24-17/h1-6,11-13H,7-10H2,(H2,20,23). The Morgan fingerprint density at radius 2 is 1.88 bits per heavy atom. The number of primary amides is 1. The first kappa shape index (κ1) is 15.1. The van der Waals surface area contributed by atoms with Crippen LogP contribution in [0.2, 0.25) is 0 Å². The number of nitrogens with two attached hydrogens (primary N) is 1. The van der Waals surface area contributed by atoms with Gasteiger partial charge in [-0.05, 0) is 29.7 Å². The molecule has 122 valence electrons. The molecule has 1 aromatic carbocycles. The summed E-state index contributed by atoms with van der Waals surface area (Å²) in [5, 5.41) is 4.48. The SMILES string of the molecule is NC(=O)C1CCN(c2ncc(-c3cccs3)c3ccccc23)CC1. The number of pyridine rings is 1. The van der Waals surface area contributed by atoms with E-state index in [-0.39, 0.29) is 11.8 Å². The minimum absolute atomic E-state index is 0.00194. The lowest BCUT2D eigenvalue weighted by molar-refractivity contribution is -0.122. The van der Waals surface area contributed by atoms with Crippen molar-refractivity contribution < 1.29 is 4.79 Å². The number of hydrogen-bond donors (Lipinski definition) is 1. The average molecular weight is 337 g/mol. The number of hydrogen-bond acceptors (Lipinski definition) is 4. The topological polar surface area (TPSA) is 59.2 Å². The number of amides is 1. The molecule has 1 amide bonds. The fourth-order valence-electron chi connectivity index (χ4n) is 3.43. The molecular weight excluding hydrogens is 318 g/mol. The molecule has 1 saturated heterocycles. The number of anilines is 1. The monoisotopic (exact) mass is 337 g/mol. The van der Waals surface area contributed by atoms with Crippen LogP contribution in [0, 0.1) is 5.92 Å². The van der Waals surface area contributed by atoms with Crippen molar-refractivity contribution in [2.75, 3.05) is 18.0 Å². The molecule has 4 nitrogen and oxygen atoms in total. The Hall–Kier alpha value is -2.40. The van der Waals surface area contributed by atoms with Crippen molar-refractivity contribution in [1.29, 1.82) is 0 Å². The number of aromatic nitrogens is 1. The summed E-state index contributed by atoms with van der Waals surface area (Å²) in [6.07, 6.45) is 3.58. The van der Waals surface area contributed by atoms with Gasteiger partial charge in [0.25, 0.3) is 0 Å². The van der Waals surface area contributed by atoms with Crippen LogP contribution >= 0.6 is 11.3 Å². The normalized spacial score (nSPS) is 15.8. The van der Waals surface area contributed by atoms with E-state index >= 15 is 0 Å². The van der Waals surface area contributed by atoms with Crippen molar-refractivity contribution in [3.05, 3.63) is 48.0 Å². The average Bonchev–Trinajstić information content (AvgIpc) is 3.15. The second-order valence-electron chi connectivity index (χ2n) is 6.18. The van der Waals surface area contributed by atoms with Crippen LogP contribution in [0.15, 0.2) is 48.0 Å². The van der Waals surface area contributed by atoms with Crippen molar-refractivity contribution in [2.45, 2.75) is 12.8 Å². The van der Waals surface area contributed by atoms with E-state index in [1.54, 1.807) is 11.3 Å². The van der Waals surface area contributed by atoms with Gasteiger partial charge >= 0.3 is 0 Å². The van der Waals surface area contributed by atoms with E-state index in [1.807, 2.05) is 6.20 Å². The number of nitrogens with zero attached hydrogens (tertiary/aromatic N) is 2. The van der Waals surface area contributed by atoms with E-state index in [2.05, 4.69) is 46.7 Å². The highest BCUT2D eigenvalue weighted by Crippen LogP contribution is 2.36. The van der Waals surface area contributed by atoms with E-state index in [9.17, 15) is 4.79 Å². The molecule has 24 heavy (non-hydrogen) atoms. The molecule has 0 saturated carbocycles. The summed E-state index contributed by atoms with van der Waals surface area (Å²) in [7, 11) is 0. The molecule has 5 heteroatoms. The number of carbonyl (C=O) groups excluding carboxylic acids is 1. The minimum atomic E-state index is -0.180. The van der Waals surface area contributed by atoms with Gasteiger partial charge in [0.05, 0.1) is 0 Å². The molecule has 2 aromatic heterocycles. The summed E-state index contributed by atoms with van der Waals surface area (Å²) >= 11 is 1.73. The second kappa shape index (κ2) is 6.24. The molecule has 0 unspecified atom stereocenters. The predicted molar refractivity (Wildman–Crippen MR) is 99.2 cm³/mol. The summed E-state index contributed by atoms with van der Waals surface area (Å²) in [6, 6.07) is 12.6. The molecule has 1 aliphatic heterocycles. The fourth-order valence-corrected chi connectivity index (χ4v) is 4.18. The van der Waals surface area contributed by atoms with Crippen LogP contribution in [-0.2, 0) is 4.79 Å². The Labute approximate surface area is 144 Å². The third-order valence-electron chi connectivity index (χ3n) is 4.76. The number of carbonyl (C=O) groups is 1. The van der Waals surface area contributed by atoms with E-state index in [0.717, 1.165) is 31.7 Å². The summed E-state index contributed by atoms with van der Waals surface area (Å²) in [5.74, 6) is 0.826. The van der Waals surface area contributed by atoms with Crippen LogP contribution in [0.25, 0.3) is 21.2 Å². The molecule has 2 N–H and O–H groups in total. The van der Waals surface area contributed by atoms with Crippen LogP contribution in [0.4, 0.5) is 5.82 Å². The van der Waals surface area contributed by atoms with Crippen molar-refractivity contribution >= 4 is 33.8 Å². The third kappa shape index (κ3) is 2.65. The van der Waals surface area contributed by atoms with E-state index < -0.39 is 0 Å². The Morgan fingerprint density at radius 3 is 2.54 bits per heavy atom. The minimum Gasteiger partial charge on any atom is -0.369 e. The highest BCUT2D eigenvalue weighted by molar-refractivity contribution is 7.13. The molecule has 0 aliphatic carbocycles. The number of thiophene rings is 1. The summed E-state index contributed by atoms with van der Waals surface area (Å²) < 4.78 is 0. The van der Waals surface area contributed by atoms with Gasteiger partial charge in [-0.25, -0.2) is 4.98 Å². The van der Waals surface area contributed by atoms with Crippen molar-refractivity contribution in [1.82, 2.24) is 4.98 Å². The number of piperidine rings is 1. The Morgan fingerprint density at radius 1 is 1.12 bits per heavy atom. The first-order valence-electron chi connectivity index (χ1n) is 8.20. The highest BCUT2D eigenvalue weighted by Gasteiger charge is 2.25. The molecule has 0 atom stereocenters. The van der Waals surface area contributed by atoms with Gasteiger partial charge in [-0.2, -0.15) is 0 Å². The maximum Gasteiger partial charge on any atom is 0.220 e. The molecule has 4 rings (SSSR count). The zero-order valence-electron chi connectivity index (χ0n) is 13.3. The van der Waals surface area contributed by atoms with Gasteiger partial charge in [-0.15, -0.1) is 11.3 Å². The lowest BCUT2D eigenvalue weighted by Crippen LogP contribution is -2.39. The molecule has 0 bridgehead atoms.